The SMILES string of the molecule is C=C(C)C(=O)OCC1CO1.O=CCCCC=O. The summed E-state index contributed by atoms with van der Waals surface area (Å²) in [4.78, 5) is 29.8. The molecule has 1 saturated heterocycles. The summed E-state index contributed by atoms with van der Waals surface area (Å²) in [5.41, 5.74) is 0.431. The van der Waals surface area contributed by atoms with Crippen molar-refractivity contribution in [3.05, 3.63) is 12.2 Å². The average Bonchev–Trinajstić information content (AvgIpc) is 3.11. The maximum absolute atomic E-state index is 10.7. The molecule has 0 N–H and O–H groups in total. The highest BCUT2D eigenvalue weighted by molar-refractivity contribution is 5.86. The van der Waals surface area contributed by atoms with Crippen molar-refractivity contribution in [1.29, 1.82) is 0 Å². The fourth-order valence-electron chi connectivity index (χ4n) is 0.741. The van der Waals surface area contributed by atoms with Crippen LogP contribution in [-0.4, -0.2) is 37.9 Å². The number of hydrogen-bond donors (Lipinski definition) is 0. The summed E-state index contributed by atoms with van der Waals surface area (Å²) in [5.74, 6) is -0.337. The number of aldehydes is 2. The first-order valence-corrected chi connectivity index (χ1v) is 5.43. The Morgan fingerprint density at radius 2 is 1.94 bits per heavy atom. The molecule has 0 aromatic carbocycles. The maximum atomic E-state index is 10.7. The lowest BCUT2D eigenvalue weighted by Gasteiger charge is -1.99. The summed E-state index contributed by atoms with van der Waals surface area (Å²) in [6.45, 7) is 6.14. The summed E-state index contributed by atoms with van der Waals surface area (Å²) >= 11 is 0. The molecule has 0 aromatic heterocycles. The summed E-state index contributed by atoms with van der Waals surface area (Å²) in [7, 11) is 0. The van der Waals surface area contributed by atoms with Crippen LogP contribution in [0.3, 0.4) is 0 Å². The second-order valence-corrected chi connectivity index (χ2v) is 3.60. The number of ether oxygens (including phenoxy) is 2. The van der Waals surface area contributed by atoms with Crippen LogP contribution in [-0.2, 0) is 23.9 Å². The number of hydrogen-bond acceptors (Lipinski definition) is 5. The average molecular weight is 242 g/mol. The number of epoxide rings is 1. The zero-order valence-corrected chi connectivity index (χ0v) is 10.0. The lowest BCUT2D eigenvalue weighted by atomic mass is 10.3. The van der Waals surface area contributed by atoms with Crippen molar-refractivity contribution in [1.82, 2.24) is 0 Å². The minimum absolute atomic E-state index is 0.142. The fourth-order valence-corrected chi connectivity index (χ4v) is 0.741. The van der Waals surface area contributed by atoms with E-state index in [1.54, 1.807) is 6.92 Å². The van der Waals surface area contributed by atoms with Gasteiger partial charge in [-0.25, -0.2) is 4.79 Å². The highest BCUT2D eigenvalue weighted by Gasteiger charge is 2.24. The van der Waals surface area contributed by atoms with Crippen LogP contribution < -0.4 is 0 Å². The molecule has 0 aromatic rings. The second kappa shape index (κ2) is 9.72. The Labute approximate surface area is 101 Å². The van der Waals surface area contributed by atoms with Crippen molar-refractivity contribution in [2.24, 2.45) is 0 Å². The molecule has 1 unspecified atom stereocenters. The van der Waals surface area contributed by atoms with E-state index in [9.17, 15) is 14.4 Å². The maximum Gasteiger partial charge on any atom is 0.333 e. The number of unbranched alkanes of at least 4 members (excludes halogenated alkanes) is 2. The van der Waals surface area contributed by atoms with E-state index in [1.165, 1.54) is 0 Å². The van der Waals surface area contributed by atoms with Gasteiger partial charge in [-0.15, -0.1) is 0 Å². The monoisotopic (exact) mass is 242 g/mol. The highest BCUT2D eigenvalue weighted by atomic mass is 16.6. The minimum atomic E-state index is -0.337. The third-order valence-electron chi connectivity index (χ3n) is 1.80. The van der Waals surface area contributed by atoms with Gasteiger partial charge in [0.25, 0.3) is 0 Å². The Kier molecular flexibility index (Phi) is 8.86. The van der Waals surface area contributed by atoms with Crippen molar-refractivity contribution >= 4 is 18.5 Å². The molecule has 0 bridgehead atoms. The van der Waals surface area contributed by atoms with Crippen molar-refractivity contribution in [3.8, 4) is 0 Å². The van der Waals surface area contributed by atoms with Crippen LogP contribution >= 0.6 is 0 Å². The van der Waals surface area contributed by atoms with E-state index in [1.807, 2.05) is 0 Å². The molecule has 5 nitrogen and oxygen atoms in total. The van der Waals surface area contributed by atoms with Gasteiger partial charge in [-0.2, -0.15) is 0 Å². The molecule has 0 spiro atoms. The Balaban J connectivity index is 0.000000325. The number of carbonyl (C=O) groups excluding carboxylic acids is 3. The first kappa shape index (κ1) is 15.5. The van der Waals surface area contributed by atoms with Gasteiger partial charge in [0.2, 0.25) is 0 Å². The van der Waals surface area contributed by atoms with E-state index < -0.39 is 0 Å². The van der Waals surface area contributed by atoms with Gasteiger partial charge in [0.1, 0.15) is 25.3 Å². The fraction of sp³-hybridized carbons (Fsp3) is 0.583. The molecule has 17 heavy (non-hydrogen) atoms. The second-order valence-electron chi connectivity index (χ2n) is 3.60. The van der Waals surface area contributed by atoms with Gasteiger partial charge in [0.15, 0.2) is 0 Å². The molecule has 1 atom stereocenters. The van der Waals surface area contributed by atoms with Gasteiger partial charge in [0.05, 0.1) is 6.61 Å². The Hall–Kier alpha value is -1.49. The lowest BCUT2D eigenvalue weighted by molar-refractivity contribution is -0.139. The van der Waals surface area contributed by atoms with Crippen LogP contribution in [0.15, 0.2) is 12.2 Å². The van der Waals surface area contributed by atoms with E-state index in [0.29, 0.717) is 38.0 Å². The van der Waals surface area contributed by atoms with E-state index >= 15 is 0 Å². The molecule has 1 aliphatic rings. The van der Waals surface area contributed by atoms with E-state index in [-0.39, 0.29) is 12.1 Å². The van der Waals surface area contributed by atoms with Gasteiger partial charge in [-0.1, -0.05) is 6.58 Å². The van der Waals surface area contributed by atoms with Crippen LogP contribution in [0.2, 0.25) is 0 Å². The molecule has 0 radical (unpaired) electrons. The van der Waals surface area contributed by atoms with Crippen molar-refractivity contribution in [3.63, 3.8) is 0 Å². The molecular formula is C12H18O5. The summed E-state index contributed by atoms with van der Waals surface area (Å²) in [5, 5.41) is 0. The van der Waals surface area contributed by atoms with Crippen LogP contribution in [0.1, 0.15) is 26.2 Å². The third kappa shape index (κ3) is 10.8. The standard InChI is InChI=1S/C7H10O3.C5H8O2/c1-5(2)7(8)10-4-6-3-9-6;6-4-2-1-3-5-7/h6H,1,3-4H2,2H3;4-5H,1-3H2. The predicted octanol–water partition coefficient (Wildman–Crippen LogP) is 1.06. The van der Waals surface area contributed by atoms with Crippen LogP contribution in [0.5, 0.6) is 0 Å². The Bertz CT molecular complexity index is 260. The van der Waals surface area contributed by atoms with Crippen molar-refractivity contribution in [2.75, 3.05) is 13.2 Å². The molecule has 1 fully saturated rings. The van der Waals surface area contributed by atoms with Gasteiger partial charge in [0, 0.05) is 18.4 Å². The first-order chi connectivity index (χ1) is 8.11. The Morgan fingerprint density at radius 1 is 1.41 bits per heavy atom. The number of carbonyl (C=O) groups is 3. The van der Waals surface area contributed by atoms with Gasteiger partial charge >= 0.3 is 5.97 Å². The minimum Gasteiger partial charge on any atom is -0.459 e. The largest absolute Gasteiger partial charge is 0.459 e. The summed E-state index contributed by atoms with van der Waals surface area (Å²) < 4.78 is 9.60. The molecule has 1 heterocycles. The van der Waals surface area contributed by atoms with E-state index in [2.05, 4.69) is 6.58 Å². The Morgan fingerprint density at radius 3 is 2.29 bits per heavy atom. The zero-order chi connectivity index (χ0) is 13.1. The molecule has 0 saturated carbocycles. The van der Waals surface area contributed by atoms with Gasteiger partial charge < -0.3 is 19.1 Å². The quantitative estimate of drug-likeness (QED) is 0.219. The topological polar surface area (TPSA) is 73.0 Å². The van der Waals surface area contributed by atoms with Crippen LogP contribution in [0.25, 0.3) is 0 Å². The zero-order valence-electron chi connectivity index (χ0n) is 10.0. The molecule has 5 heteroatoms. The third-order valence-corrected chi connectivity index (χ3v) is 1.80. The molecule has 0 aliphatic carbocycles. The number of rotatable bonds is 7. The first-order valence-electron chi connectivity index (χ1n) is 5.43. The molecule has 1 rings (SSSR count). The van der Waals surface area contributed by atoms with Crippen molar-refractivity contribution < 1.29 is 23.9 Å². The van der Waals surface area contributed by atoms with Gasteiger partial charge in [-0.05, 0) is 13.3 Å². The number of esters is 1. The summed E-state index contributed by atoms with van der Waals surface area (Å²) in [6.07, 6.45) is 3.51. The van der Waals surface area contributed by atoms with E-state index in [0.717, 1.165) is 12.6 Å². The normalized spacial score (nSPS) is 16.2. The van der Waals surface area contributed by atoms with Crippen LogP contribution in [0, 0.1) is 0 Å². The lowest BCUT2D eigenvalue weighted by Crippen LogP contribution is -2.09. The van der Waals surface area contributed by atoms with E-state index in [4.69, 9.17) is 9.47 Å². The van der Waals surface area contributed by atoms with Crippen LogP contribution in [0.4, 0.5) is 0 Å². The molecule has 96 valence electrons. The molecule has 0 amide bonds. The smallest absolute Gasteiger partial charge is 0.333 e. The predicted molar refractivity (Wildman–Crippen MR) is 61.5 cm³/mol. The highest BCUT2D eigenvalue weighted by Crippen LogP contribution is 2.09. The summed E-state index contributed by atoms with van der Waals surface area (Å²) in [6, 6.07) is 0. The molecule has 1 aliphatic heterocycles. The van der Waals surface area contributed by atoms with Gasteiger partial charge in [-0.3, -0.25) is 0 Å². The van der Waals surface area contributed by atoms with Crippen molar-refractivity contribution in [2.45, 2.75) is 32.3 Å². The molecular weight excluding hydrogens is 224 g/mol.